The molecule has 0 atom stereocenters. The second-order valence-corrected chi connectivity index (χ2v) is 5.12. The summed E-state index contributed by atoms with van der Waals surface area (Å²) in [5.41, 5.74) is 2.25. The van der Waals surface area contributed by atoms with Crippen LogP contribution in [-0.4, -0.2) is 33.1 Å². The van der Waals surface area contributed by atoms with Gasteiger partial charge in [-0.1, -0.05) is 15.9 Å². The molecule has 2 N–H and O–H groups in total. The summed E-state index contributed by atoms with van der Waals surface area (Å²) in [4.78, 5) is 11.9. The van der Waals surface area contributed by atoms with Crippen molar-refractivity contribution >= 4 is 21.9 Å². The molecule has 0 radical (unpaired) electrons. The van der Waals surface area contributed by atoms with Crippen LogP contribution in [0.3, 0.4) is 0 Å². The topological polar surface area (TPSA) is 88.1 Å². The van der Waals surface area contributed by atoms with E-state index in [4.69, 9.17) is 4.74 Å². The van der Waals surface area contributed by atoms with Gasteiger partial charge in [-0.25, -0.2) is 4.79 Å². The lowest BCUT2D eigenvalue weighted by Gasteiger charge is -2.11. The second-order valence-electron chi connectivity index (χ2n) is 4.27. The summed E-state index contributed by atoms with van der Waals surface area (Å²) in [6.07, 6.45) is 0. The third-order valence-electron chi connectivity index (χ3n) is 2.94. The molecule has 0 fully saturated rings. The number of halogens is 1. The number of aromatic hydroxyl groups is 1. The number of hydrogen-bond donors (Lipinski definition) is 2. The lowest BCUT2D eigenvalue weighted by Crippen LogP contribution is -2.07. The number of nitrogens with one attached hydrogen (secondary N) is 1. The number of aromatic amines is 1. The predicted octanol–water partition coefficient (Wildman–Crippen LogP) is 2.73. The van der Waals surface area contributed by atoms with Gasteiger partial charge in [0.2, 0.25) is 0 Å². The van der Waals surface area contributed by atoms with Crippen LogP contribution in [0.15, 0.2) is 10.5 Å². The highest BCUT2D eigenvalue weighted by molar-refractivity contribution is 9.10. The molecule has 106 valence electrons. The SMILES string of the molecule is CCOC(=O)c1n[nH]nc1-c1c(C)c(Br)cc(C)c1O. The average molecular weight is 340 g/mol. The van der Waals surface area contributed by atoms with Gasteiger partial charge >= 0.3 is 5.97 Å². The molecule has 1 aromatic carbocycles. The van der Waals surface area contributed by atoms with Gasteiger partial charge in [0.25, 0.3) is 0 Å². The van der Waals surface area contributed by atoms with Crippen molar-refractivity contribution in [1.29, 1.82) is 0 Å². The van der Waals surface area contributed by atoms with Gasteiger partial charge in [-0.15, -0.1) is 5.10 Å². The number of benzene rings is 1. The fourth-order valence-corrected chi connectivity index (χ4v) is 2.44. The highest BCUT2D eigenvalue weighted by Crippen LogP contribution is 2.39. The molecule has 0 saturated heterocycles. The number of carbonyl (C=O) groups is 1. The second kappa shape index (κ2) is 5.62. The van der Waals surface area contributed by atoms with Crippen molar-refractivity contribution in [3.05, 3.63) is 27.4 Å². The lowest BCUT2D eigenvalue weighted by atomic mass is 10.00. The van der Waals surface area contributed by atoms with Gasteiger partial charge in [0.05, 0.1) is 12.2 Å². The third kappa shape index (κ3) is 2.40. The fraction of sp³-hybridized carbons (Fsp3) is 0.308. The summed E-state index contributed by atoms with van der Waals surface area (Å²) >= 11 is 3.42. The Hall–Kier alpha value is -1.89. The van der Waals surface area contributed by atoms with E-state index in [0.717, 1.165) is 10.0 Å². The molecule has 0 aliphatic carbocycles. The zero-order chi connectivity index (χ0) is 14.9. The zero-order valence-corrected chi connectivity index (χ0v) is 12.9. The number of H-pyrrole nitrogens is 1. The number of carbonyl (C=O) groups excluding carboxylic acids is 1. The van der Waals surface area contributed by atoms with E-state index in [1.54, 1.807) is 19.9 Å². The Bertz CT molecular complexity index is 641. The summed E-state index contributed by atoms with van der Waals surface area (Å²) in [6, 6.07) is 1.80. The van der Waals surface area contributed by atoms with Crippen molar-refractivity contribution in [3.63, 3.8) is 0 Å². The Morgan fingerprint density at radius 3 is 2.80 bits per heavy atom. The first-order valence-electron chi connectivity index (χ1n) is 6.04. The molecular formula is C13H14BrN3O3. The number of hydrogen-bond acceptors (Lipinski definition) is 5. The van der Waals surface area contributed by atoms with Crippen LogP contribution >= 0.6 is 15.9 Å². The van der Waals surface area contributed by atoms with Crippen molar-refractivity contribution in [2.75, 3.05) is 6.61 Å². The molecule has 20 heavy (non-hydrogen) atoms. The summed E-state index contributed by atoms with van der Waals surface area (Å²) in [5.74, 6) is -0.502. The Kier molecular flexibility index (Phi) is 4.08. The summed E-state index contributed by atoms with van der Waals surface area (Å²) < 4.78 is 5.75. The van der Waals surface area contributed by atoms with Crippen LogP contribution in [0.1, 0.15) is 28.5 Å². The Balaban J connectivity index is 2.64. The summed E-state index contributed by atoms with van der Waals surface area (Å²) in [6.45, 7) is 5.55. The molecule has 2 aromatic rings. The molecule has 6 nitrogen and oxygen atoms in total. The quantitative estimate of drug-likeness (QED) is 0.839. The number of aryl methyl sites for hydroxylation is 1. The van der Waals surface area contributed by atoms with Crippen LogP contribution in [0, 0.1) is 13.8 Å². The lowest BCUT2D eigenvalue weighted by molar-refractivity contribution is 0.0520. The van der Waals surface area contributed by atoms with E-state index < -0.39 is 5.97 Å². The van der Waals surface area contributed by atoms with E-state index in [2.05, 4.69) is 31.3 Å². The van der Waals surface area contributed by atoms with Gasteiger partial charge in [-0.2, -0.15) is 10.3 Å². The number of phenolic OH excluding ortho intramolecular Hbond substituents is 1. The minimum absolute atomic E-state index is 0.0581. The third-order valence-corrected chi connectivity index (χ3v) is 3.76. The van der Waals surface area contributed by atoms with Crippen LogP contribution in [0.2, 0.25) is 0 Å². The monoisotopic (exact) mass is 339 g/mol. The fourth-order valence-electron chi connectivity index (χ4n) is 1.90. The first kappa shape index (κ1) is 14.5. The van der Waals surface area contributed by atoms with Crippen LogP contribution in [0.4, 0.5) is 0 Å². The number of aromatic nitrogens is 3. The standard InChI is InChI=1S/C13H14BrN3O3/c1-4-20-13(19)11-10(15-17-16-11)9-7(3)8(14)5-6(2)12(9)18/h5,18H,4H2,1-3H3,(H,15,16,17). The highest BCUT2D eigenvalue weighted by Gasteiger charge is 2.24. The summed E-state index contributed by atoms with van der Waals surface area (Å²) in [5, 5.41) is 20.4. The highest BCUT2D eigenvalue weighted by atomic mass is 79.9. The molecule has 0 aliphatic rings. The van der Waals surface area contributed by atoms with Crippen LogP contribution in [0.5, 0.6) is 5.75 Å². The van der Waals surface area contributed by atoms with Crippen molar-refractivity contribution in [2.24, 2.45) is 0 Å². The van der Waals surface area contributed by atoms with Gasteiger partial charge < -0.3 is 9.84 Å². The molecule has 2 rings (SSSR count). The van der Waals surface area contributed by atoms with Gasteiger partial charge in [0.15, 0.2) is 5.69 Å². The molecule has 0 aliphatic heterocycles. The predicted molar refractivity (Wildman–Crippen MR) is 76.6 cm³/mol. The molecule has 7 heteroatoms. The minimum atomic E-state index is -0.576. The number of rotatable bonds is 3. The summed E-state index contributed by atoms with van der Waals surface area (Å²) in [7, 11) is 0. The molecule has 1 aromatic heterocycles. The molecule has 0 saturated carbocycles. The van der Waals surface area contributed by atoms with Crippen LogP contribution in [0.25, 0.3) is 11.3 Å². The normalized spacial score (nSPS) is 10.6. The number of ether oxygens (including phenoxy) is 1. The Labute approximate surface area is 124 Å². The largest absolute Gasteiger partial charge is 0.507 e. The van der Waals surface area contributed by atoms with Crippen molar-refractivity contribution in [2.45, 2.75) is 20.8 Å². The molecule has 1 heterocycles. The van der Waals surface area contributed by atoms with Crippen molar-refractivity contribution in [1.82, 2.24) is 15.4 Å². The van der Waals surface area contributed by atoms with Crippen LogP contribution in [-0.2, 0) is 4.74 Å². The van der Waals surface area contributed by atoms with Gasteiger partial charge in [0, 0.05) is 4.47 Å². The molecule has 0 unspecified atom stereocenters. The van der Waals surface area contributed by atoms with Crippen molar-refractivity contribution < 1.29 is 14.6 Å². The van der Waals surface area contributed by atoms with E-state index >= 15 is 0 Å². The maximum Gasteiger partial charge on any atom is 0.361 e. The van der Waals surface area contributed by atoms with E-state index in [0.29, 0.717) is 11.1 Å². The maximum absolute atomic E-state index is 11.9. The van der Waals surface area contributed by atoms with Gasteiger partial charge in [-0.3, -0.25) is 0 Å². The first-order chi connectivity index (χ1) is 9.47. The van der Waals surface area contributed by atoms with E-state index in [1.165, 1.54) is 0 Å². The maximum atomic E-state index is 11.9. The Morgan fingerprint density at radius 1 is 1.45 bits per heavy atom. The molecule has 0 bridgehead atoms. The molecular weight excluding hydrogens is 326 g/mol. The van der Waals surface area contributed by atoms with Crippen molar-refractivity contribution in [3.8, 4) is 17.0 Å². The van der Waals surface area contributed by atoms with Crippen LogP contribution < -0.4 is 0 Å². The number of phenols is 1. The van der Waals surface area contributed by atoms with Gasteiger partial charge in [-0.05, 0) is 38.0 Å². The number of esters is 1. The minimum Gasteiger partial charge on any atom is -0.507 e. The smallest absolute Gasteiger partial charge is 0.361 e. The average Bonchev–Trinajstić information content (AvgIpc) is 2.86. The number of nitrogens with zero attached hydrogens (tertiary/aromatic N) is 2. The molecule has 0 spiro atoms. The van der Waals surface area contributed by atoms with E-state index in [1.807, 2.05) is 6.92 Å². The van der Waals surface area contributed by atoms with E-state index in [-0.39, 0.29) is 23.7 Å². The first-order valence-corrected chi connectivity index (χ1v) is 6.83. The Morgan fingerprint density at radius 2 is 2.15 bits per heavy atom. The van der Waals surface area contributed by atoms with E-state index in [9.17, 15) is 9.90 Å². The van der Waals surface area contributed by atoms with Gasteiger partial charge in [0.1, 0.15) is 11.4 Å². The molecule has 0 amide bonds. The zero-order valence-electron chi connectivity index (χ0n) is 11.3.